The highest BCUT2D eigenvalue weighted by molar-refractivity contribution is 6.31. The third kappa shape index (κ3) is 2.67. The SMILES string of the molecule is O=C(O)CCc1cc(F)c(F)cc1Cl. The predicted molar refractivity (Wildman–Crippen MR) is 47.3 cm³/mol. The van der Waals surface area contributed by atoms with Gasteiger partial charge in [-0.25, -0.2) is 8.78 Å². The van der Waals surface area contributed by atoms with Crippen LogP contribution in [-0.4, -0.2) is 11.1 Å². The topological polar surface area (TPSA) is 37.3 Å². The molecule has 1 aromatic carbocycles. The third-order valence-corrected chi connectivity index (χ3v) is 2.05. The molecule has 76 valence electrons. The van der Waals surface area contributed by atoms with E-state index >= 15 is 0 Å². The Bertz CT molecular complexity index is 366. The molecule has 1 rings (SSSR count). The Labute approximate surface area is 84.1 Å². The van der Waals surface area contributed by atoms with E-state index in [1.807, 2.05) is 0 Å². The second-order valence-electron chi connectivity index (χ2n) is 2.75. The number of carbonyl (C=O) groups is 1. The average Bonchev–Trinajstić information content (AvgIpc) is 2.09. The van der Waals surface area contributed by atoms with Crippen LogP contribution < -0.4 is 0 Å². The van der Waals surface area contributed by atoms with E-state index in [1.54, 1.807) is 0 Å². The van der Waals surface area contributed by atoms with Crippen molar-refractivity contribution in [1.29, 1.82) is 0 Å². The Hall–Kier alpha value is -1.16. The molecule has 0 saturated heterocycles. The minimum atomic E-state index is -1.03. The Balaban J connectivity index is 2.87. The van der Waals surface area contributed by atoms with Crippen molar-refractivity contribution in [3.8, 4) is 0 Å². The van der Waals surface area contributed by atoms with Crippen LogP contribution in [0.5, 0.6) is 0 Å². The molecule has 0 atom stereocenters. The van der Waals surface area contributed by atoms with Gasteiger partial charge in [0, 0.05) is 11.4 Å². The maximum absolute atomic E-state index is 12.7. The molecule has 14 heavy (non-hydrogen) atoms. The summed E-state index contributed by atoms with van der Waals surface area (Å²) in [5, 5.41) is 8.43. The molecule has 2 nitrogen and oxygen atoms in total. The second kappa shape index (κ2) is 4.37. The van der Waals surface area contributed by atoms with Crippen molar-refractivity contribution in [2.24, 2.45) is 0 Å². The average molecular weight is 221 g/mol. The lowest BCUT2D eigenvalue weighted by Crippen LogP contribution is -1.99. The fourth-order valence-corrected chi connectivity index (χ4v) is 1.24. The van der Waals surface area contributed by atoms with E-state index in [9.17, 15) is 13.6 Å². The van der Waals surface area contributed by atoms with Crippen molar-refractivity contribution in [2.75, 3.05) is 0 Å². The number of rotatable bonds is 3. The van der Waals surface area contributed by atoms with Crippen LogP contribution in [0.15, 0.2) is 12.1 Å². The van der Waals surface area contributed by atoms with Gasteiger partial charge in [-0.2, -0.15) is 0 Å². The van der Waals surface area contributed by atoms with E-state index in [2.05, 4.69) is 0 Å². The monoisotopic (exact) mass is 220 g/mol. The molecular formula is C9H7ClF2O2. The zero-order chi connectivity index (χ0) is 10.7. The zero-order valence-corrected chi connectivity index (χ0v) is 7.81. The molecular weight excluding hydrogens is 214 g/mol. The van der Waals surface area contributed by atoms with Gasteiger partial charge in [0.1, 0.15) is 0 Å². The number of hydrogen-bond donors (Lipinski definition) is 1. The predicted octanol–water partition coefficient (Wildman–Crippen LogP) is 2.64. The van der Waals surface area contributed by atoms with Crippen LogP contribution in [0.4, 0.5) is 8.78 Å². The smallest absolute Gasteiger partial charge is 0.303 e. The third-order valence-electron chi connectivity index (χ3n) is 1.70. The normalized spacial score (nSPS) is 10.2. The number of benzene rings is 1. The van der Waals surface area contributed by atoms with E-state index in [0.717, 1.165) is 12.1 Å². The zero-order valence-electron chi connectivity index (χ0n) is 7.06. The summed E-state index contributed by atoms with van der Waals surface area (Å²) in [4.78, 5) is 10.2. The lowest BCUT2D eigenvalue weighted by Gasteiger charge is -2.02. The van der Waals surface area contributed by atoms with Gasteiger partial charge in [-0.05, 0) is 24.1 Å². The van der Waals surface area contributed by atoms with Crippen LogP contribution in [0.1, 0.15) is 12.0 Å². The van der Waals surface area contributed by atoms with Crippen LogP contribution in [-0.2, 0) is 11.2 Å². The fourth-order valence-electron chi connectivity index (χ4n) is 0.997. The molecule has 1 N–H and O–H groups in total. The number of hydrogen-bond acceptors (Lipinski definition) is 1. The summed E-state index contributed by atoms with van der Waals surface area (Å²) in [6.07, 6.45) is -0.0733. The molecule has 0 aromatic heterocycles. The van der Waals surface area contributed by atoms with Crippen molar-refractivity contribution in [1.82, 2.24) is 0 Å². The molecule has 0 bridgehead atoms. The van der Waals surface area contributed by atoms with Gasteiger partial charge in [-0.1, -0.05) is 11.6 Å². The highest BCUT2D eigenvalue weighted by Crippen LogP contribution is 2.21. The molecule has 0 unspecified atom stereocenters. The minimum absolute atomic E-state index is 0.0464. The molecule has 0 aliphatic carbocycles. The molecule has 0 heterocycles. The maximum atomic E-state index is 12.7. The Morgan fingerprint density at radius 1 is 1.36 bits per heavy atom. The van der Waals surface area contributed by atoms with Crippen molar-refractivity contribution in [3.05, 3.63) is 34.4 Å². The lowest BCUT2D eigenvalue weighted by atomic mass is 10.1. The minimum Gasteiger partial charge on any atom is -0.481 e. The van der Waals surface area contributed by atoms with Crippen LogP contribution in [0.2, 0.25) is 5.02 Å². The first kappa shape index (κ1) is 10.9. The molecule has 1 aromatic rings. The van der Waals surface area contributed by atoms with E-state index in [1.165, 1.54) is 0 Å². The molecule has 0 fully saturated rings. The van der Waals surface area contributed by atoms with Gasteiger partial charge < -0.3 is 5.11 Å². The van der Waals surface area contributed by atoms with Crippen LogP contribution in [0.25, 0.3) is 0 Å². The van der Waals surface area contributed by atoms with Gasteiger partial charge in [-0.3, -0.25) is 4.79 Å². The summed E-state index contributed by atoms with van der Waals surface area (Å²) in [5.41, 5.74) is 0.299. The summed E-state index contributed by atoms with van der Waals surface area (Å²) < 4.78 is 25.3. The molecule has 0 spiro atoms. The van der Waals surface area contributed by atoms with E-state index < -0.39 is 17.6 Å². The van der Waals surface area contributed by atoms with Gasteiger partial charge >= 0.3 is 5.97 Å². The van der Waals surface area contributed by atoms with Gasteiger partial charge in [0.2, 0.25) is 0 Å². The van der Waals surface area contributed by atoms with Crippen molar-refractivity contribution >= 4 is 17.6 Å². The number of carboxylic acid groups (broad SMARTS) is 1. The maximum Gasteiger partial charge on any atom is 0.303 e. The first-order chi connectivity index (χ1) is 6.50. The highest BCUT2D eigenvalue weighted by atomic mass is 35.5. The highest BCUT2D eigenvalue weighted by Gasteiger charge is 2.09. The molecule has 5 heteroatoms. The number of aliphatic carboxylic acids is 1. The van der Waals surface area contributed by atoms with E-state index in [0.29, 0.717) is 5.56 Å². The number of aryl methyl sites for hydroxylation is 1. The second-order valence-corrected chi connectivity index (χ2v) is 3.16. The lowest BCUT2D eigenvalue weighted by molar-refractivity contribution is -0.136. The fraction of sp³-hybridized carbons (Fsp3) is 0.222. The molecule has 0 radical (unpaired) electrons. The molecule has 0 amide bonds. The first-order valence-corrected chi connectivity index (χ1v) is 4.23. The largest absolute Gasteiger partial charge is 0.481 e. The Morgan fingerprint density at radius 3 is 2.50 bits per heavy atom. The molecule has 0 aliphatic heterocycles. The number of halogens is 3. The summed E-state index contributed by atoms with van der Waals surface area (Å²) in [5.74, 6) is -3.06. The van der Waals surface area contributed by atoms with Crippen LogP contribution in [0.3, 0.4) is 0 Å². The molecule has 0 saturated carbocycles. The molecule has 0 aliphatic rings. The first-order valence-electron chi connectivity index (χ1n) is 3.86. The summed E-state index contributed by atoms with van der Waals surface area (Å²) >= 11 is 5.59. The van der Waals surface area contributed by atoms with Crippen LogP contribution >= 0.6 is 11.6 Å². The Kier molecular flexibility index (Phi) is 3.41. The number of carboxylic acids is 1. The van der Waals surface area contributed by atoms with Gasteiger partial charge in [-0.15, -0.1) is 0 Å². The van der Waals surface area contributed by atoms with Crippen molar-refractivity contribution in [2.45, 2.75) is 12.8 Å². The summed E-state index contributed by atoms with van der Waals surface area (Å²) in [6, 6.07) is 1.76. The van der Waals surface area contributed by atoms with E-state index in [-0.39, 0.29) is 17.9 Å². The van der Waals surface area contributed by atoms with E-state index in [4.69, 9.17) is 16.7 Å². The summed E-state index contributed by atoms with van der Waals surface area (Å²) in [6.45, 7) is 0. The van der Waals surface area contributed by atoms with Crippen molar-refractivity contribution in [3.63, 3.8) is 0 Å². The van der Waals surface area contributed by atoms with Crippen molar-refractivity contribution < 1.29 is 18.7 Å². The summed E-state index contributed by atoms with van der Waals surface area (Å²) in [7, 11) is 0. The Morgan fingerprint density at radius 2 is 1.93 bits per heavy atom. The van der Waals surface area contributed by atoms with Crippen LogP contribution in [0, 0.1) is 11.6 Å². The van der Waals surface area contributed by atoms with Gasteiger partial charge in [0.25, 0.3) is 0 Å². The quantitative estimate of drug-likeness (QED) is 0.795. The van der Waals surface area contributed by atoms with Gasteiger partial charge in [0.05, 0.1) is 0 Å². The standard InChI is InChI=1S/C9H7ClF2O2/c10-6-4-8(12)7(11)3-5(6)1-2-9(13)14/h3-4H,1-2H2,(H,13,14). The van der Waals surface area contributed by atoms with Gasteiger partial charge in [0.15, 0.2) is 11.6 Å².